The molecule has 1 aromatic heterocycles. The molecule has 1 heterocycles. The van der Waals surface area contributed by atoms with E-state index in [4.69, 9.17) is 27.3 Å². The lowest BCUT2D eigenvalue weighted by molar-refractivity contribution is 0.0479. The molecular formula is C14H11ClN2O2S. The largest absolute Gasteiger partial charge is 0.457 e. The molecule has 102 valence electrons. The fourth-order valence-electron chi connectivity index (χ4n) is 1.55. The summed E-state index contributed by atoms with van der Waals surface area (Å²) in [5.74, 6) is -0.435. The van der Waals surface area contributed by atoms with Gasteiger partial charge in [-0.25, -0.2) is 4.79 Å². The van der Waals surface area contributed by atoms with Crippen molar-refractivity contribution in [1.82, 2.24) is 0 Å². The van der Waals surface area contributed by atoms with E-state index in [1.807, 2.05) is 13.0 Å². The number of nitriles is 1. The molecule has 0 saturated heterocycles. The number of hydrogen-bond acceptors (Lipinski definition) is 5. The van der Waals surface area contributed by atoms with Gasteiger partial charge in [0.25, 0.3) is 0 Å². The Balaban J connectivity index is 2.05. The van der Waals surface area contributed by atoms with E-state index in [1.165, 1.54) is 17.4 Å². The number of ether oxygens (including phenoxy) is 1. The van der Waals surface area contributed by atoms with Gasteiger partial charge >= 0.3 is 5.97 Å². The molecule has 0 aliphatic heterocycles. The maximum Gasteiger partial charge on any atom is 0.348 e. The topological polar surface area (TPSA) is 76.1 Å². The number of esters is 1. The van der Waals surface area contributed by atoms with Gasteiger partial charge in [0, 0.05) is 21.2 Å². The summed E-state index contributed by atoms with van der Waals surface area (Å²) in [6, 6.07) is 8.43. The van der Waals surface area contributed by atoms with Crippen LogP contribution >= 0.6 is 22.9 Å². The molecule has 0 unspecified atom stereocenters. The first-order valence-corrected chi connectivity index (χ1v) is 6.92. The number of anilines is 1. The van der Waals surface area contributed by atoms with Gasteiger partial charge in [0.05, 0.1) is 11.6 Å². The van der Waals surface area contributed by atoms with Gasteiger partial charge in [0.1, 0.15) is 11.5 Å². The highest BCUT2D eigenvalue weighted by atomic mass is 35.5. The maximum absolute atomic E-state index is 11.9. The minimum atomic E-state index is -0.435. The summed E-state index contributed by atoms with van der Waals surface area (Å²) in [7, 11) is 0. The van der Waals surface area contributed by atoms with Crippen LogP contribution in [0.25, 0.3) is 0 Å². The number of carbonyl (C=O) groups is 1. The number of thiophene rings is 1. The standard InChI is InChI=1S/C14H11ClN2O2S/c1-8-12(17)5-13(20-8)14(18)19-7-10-3-2-9(6-16)4-11(10)15/h2-5H,7,17H2,1H3. The molecular weight excluding hydrogens is 296 g/mol. The lowest BCUT2D eigenvalue weighted by Crippen LogP contribution is -2.03. The van der Waals surface area contributed by atoms with Gasteiger partial charge in [0.15, 0.2) is 0 Å². The van der Waals surface area contributed by atoms with Crippen molar-refractivity contribution in [1.29, 1.82) is 5.26 Å². The van der Waals surface area contributed by atoms with Crippen LogP contribution in [0.1, 0.15) is 25.7 Å². The van der Waals surface area contributed by atoms with E-state index in [2.05, 4.69) is 0 Å². The smallest absolute Gasteiger partial charge is 0.348 e. The molecule has 0 spiro atoms. The highest BCUT2D eigenvalue weighted by molar-refractivity contribution is 7.14. The van der Waals surface area contributed by atoms with Gasteiger partial charge in [-0.2, -0.15) is 5.26 Å². The van der Waals surface area contributed by atoms with Gasteiger partial charge in [0.2, 0.25) is 0 Å². The number of nitrogens with two attached hydrogens (primary N) is 1. The summed E-state index contributed by atoms with van der Waals surface area (Å²) in [4.78, 5) is 13.2. The van der Waals surface area contributed by atoms with Crippen LogP contribution in [0.3, 0.4) is 0 Å². The number of aryl methyl sites for hydroxylation is 1. The number of benzene rings is 1. The molecule has 0 amide bonds. The summed E-state index contributed by atoms with van der Waals surface area (Å²) < 4.78 is 5.19. The Labute approximate surface area is 125 Å². The van der Waals surface area contributed by atoms with Crippen LogP contribution in [0.4, 0.5) is 5.69 Å². The second-order valence-corrected chi connectivity index (χ2v) is 5.78. The zero-order chi connectivity index (χ0) is 14.7. The SMILES string of the molecule is Cc1sc(C(=O)OCc2ccc(C#N)cc2Cl)cc1N. The van der Waals surface area contributed by atoms with E-state index in [0.29, 0.717) is 26.7 Å². The first-order valence-electron chi connectivity index (χ1n) is 5.73. The summed E-state index contributed by atoms with van der Waals surface area (Å²) in [5, 5.41) is 9.15. The van der Waals surface area contributed by atoms with E-state index in [-0.39, 0.29) is 6.61 Å². The van der Waals surface area contributed by atoms with Crippen molar-refractivity contribution < 1.29 is 9.53 Å². The summed E-state index contributed by atoms with van der Waals surface area (Å²) >= 11 is 7.30. The van der Waals surface area contributed by atoms with Crippen LogP contribution in [0.15, 0.2) is 24.3 Å². The van der Waals surface area contributed by atoms with Gasteiger partial charge in [-0.1, -0.05) is 17.7 Å². The molecule has 4 nitrogen and oxygen atoms in total. The molecule has 0 fully saturated rings. The van der Waals surface area contributed by atoms with Crippen molar-refractivity contribution in [3.63, 3.8) is 0 Å². The van der Waals surface area contributed by atoms with Crippen molar-refractivity contribution in [2.24, 2.45) is 0 Å². The number of nitrogen functional groups attached to an aromatic ring is 1. The van der Waals surface area contributed by atoms with Crippen LogP contribution < -0.4 is 5.73 Å². The zero-order valence-electron chi connectivity index (χ0n) is 10.6. The average molecular weight is 307 g/mol. The molecule has 2 aromatic rings. The van der Waals surface area contributed by atoms with E-state index in [0.717, 1.165) is 4.88 Å². The second kappa shape index (κ2) is 5.95. The lowest BCUT2D eigenvalue weighted by Gasteiger charge is -2.05. The van der Waals surface area contributed by atoms with E-state index in [9.17, 15) is 4.79 Å². The van der Waals surface area contributed by atoms with Crippen LogP contribution in [-0.4, -0.2) is 5.97 Å². The number of nitrogens with zero attached hydrogens (tertiary/aromatic N) is 1. The van der Waals surface area contributed by atoms with Crippen molar-refractivity contribution in [3.8, 4) is 6.07 Å². The number of hydrogen-bond donors (Lipinski definition) is 1. The normalized spacial score (nSPS) is 10.1. The molecule has 2 rings (SSSR count). The van der Waals surface area contributed by atoms with Crippen LogP contribution in [0, 0.1) is 18.3 Å². The minimum Gasteiger partial charge on any atom is -0.457 e. The van der Waals surface area contributed by atoms with Gasteiger partial charge in [-0.05, 0) is 25.1 Å². The molecule has 0 aliphatic carbocycles. The number of rotatable bonds is 3. The fourth-order valence-corrected chi connectivity index (χ4v) is 2.62. The predicted molar refractivity (Wildman–Crippen MR) is 78.8 cm³/mol. The van der Waals surface area contributed by atoms with E-state index < -0.39 is 5.97 Å². The van der Waals surface area contributed by atoms with Gasteiger partial charge in [-0.3, -0.25) is 0 Å². The Kier molecular flexibility index (Phi) is 4.28. The summed E-state index contributed by atoms with van der Waals surface area (Å²) in [6.45, 7) is 1.90. The first kappa shape index (κ1) is 14.4. The summed E-state index contributed by atoms with van der Waals surface area (Å²) in [5.41, 5.74) is 7.39. The monoisotopic (exact) mass is 306 g/mol. The molecule has 0 bridgehead atoms. The van der Waals surface area contributed by atoms with Crippen LogP contribution in [-0.2, 0) is 11.3 Å². The highest BCUT2D eigenvalue weighted by Crippen LogP contribution is 2.25. The van der Waals surface area contributed by atoms with Crippen molar-refractivity contribution in [3.05, 3.63) is 50.2 Å². The van der Waals surface area contributed by atoms with Crippen LogP contribution in [0.2, 0.25) is 5.02 Å². The van der Waals surface area contributed by atoms with Crippen LogP contribution in [0.5, 0.6) is 0 Å². The molecule has 0 atom stereocenters. The lowest BCUT2D eigenvalue weighted by atomic mass is 10.1. The van der Waals surface area contributed by atoms with Crippen molar-refractivity contribution in [2.45, 2.75) is 13.5 Å². The summed E-state index contributed by atoms with van der Waals surface area (Å²) in [6.07, 6.45) is 0. The molecule has 0 aliphatic rings. The third-order valence-electron chi connectivity index (χ3n) is 2.70. The minimum absolute atomic E-state index is 0.0558. The maximum atomic E-state index is 11.9. The Bertz CT molecular complexity index is 684. The molecule has 0 saturated carbocycles. The number of carbonyl (C=O) groups excluding carboxylic acids is 1. The van der Waals surface area contributed by atoms with Crippen molar-refractivity contribution in [2.75, 3.05) is 5.73 Å². The predicted octanol–water partition coefficient (Wildman–Crippen LogP) is 3.52. The quantitative estimate of drug-likeness (QED) is 0.880. The highest BCUT2D eigenvalue weighted by Gasteiger charge is 2.13. The Morgan fingerprint density at radius 2 is 2.25 bits per heavy atom. The van der Waals surface area contributed by atoms with Gasteiger partial charge < -0.3 is 10.5 Å². The third-order valence-corrected chi connectivity index (χ3v) is 4.10. The number of halogens is 1. The van der Waals surface area contributed by atoms with Gasteiger partial charge in [-0.15, -0.1) is 11.3 Å². The Hall–Kier alpha value is -2.03. The molecule has 6 heteroatoms. The first-order chi connectivity index (χ1) is 9.51. The van der Waals surface area contributed by atoms with Crippen molar-refractivity contribution >= 4 is 34.6 Å². The second-order valence-electron chi connectivity index (χ2n) is 4.12. The average Bonchev–Trinajstić information content (AvgIpc) is 2.77. The molecule has 2 N–H and O–H groups in total. The van der Waals surface area contributed by atoms with E-state index in [1.54, 1.807) is 18.2 Å². The van der Waals surface area contributed by atoms with E-state index >= 15 is 0 Å². The molecule has 0 radical (unpaired) electrons. The molecule has 20 heavy (non-hydrogen) atoms. The third kappa shape index (κ3) is 3.10. The molecule has 1 aromatic carbocycles. The Morgan fingerprint density at radius 3 is 2.80 bits per heavy atom. The Morgan fingerprint density at radius 1 is 1.50 bits per heavy atom. The zero-order valence-corrected chi connectivity index (χ0v) is 12.2. The fraction of sp³-hybridized carbons (Fsp3) is 0.143.